The third kappa shape index (κ3) is 4.99. The van der Waals surface area contributed by atoms with Gasteiger partial charge < -0.3 is 5.73 Å². The van der Waals surface area contributed by atoms with Crippen LogP contribution in [0, 0.1) is 5.92 Å². The second-order valence-electron chi connectivity index (χ2n) is 5.89. The number of hydrogen-bond donors (Lipinski definition) is 1. The quantitative estimate of drug-likeness (QED) is 0.645. The van der Waals surface area contributed by atoms with Crippen LogP contribution in [0.15, 0.2) is 30.3 Å². The standard InChI is InChI=1S/C18H31N/c1-4-7-11-16(6-3)15-18(19,14-5-2)17-12-9-8-10-13-17/h8-10,12-13,16H,4-7,11,14-15,19H2,1-3H3. The maximum atomic E-state index is 6.78. The van der Waals surface area contributed by atoms with Crippen molar-refractivity contribution in [3.63, 3.8) is 0 Å². The molecule has 2 N–H and O–H groups in total. The highest BCUT2D eigenvalue weighted by atomic mass is 14.7. The van der Waals surface area contributed by atoms with Crippen molar-refractivity contribution >= 4 is 0 Å². The van der Waals surface area contributed by atoms with Gasteiger partial charge >= 0.3 is 0 Å². The summed E-state index contributed by atoms with van der Waals surface area (Å²) in [5.41, 5.74) is 7.96. The van der Waals surface area contributed by atoms with Gasteiger partial charge in [-0.05, 0) is 24.3 Å². The maximum Gasteiger partial charge on any atom is 0.0412 e. The first-order valence-corrected chi connectivity index (χ1v) is 8.00. The fraction of sp³-hybridized carbons (Fsp3) is 0.667. The molecule has 108 valence electrons. The minimum atomic E-state index is -0.134. The van der Waals surface area contributed by atoms with Gasteiger partial charge in [-0.15, -0.1) is 0 Å². The zero-order valence-corrected chi connectivity index (χ0v) is 13.0. The molecule has 0 spiro atoms. The largest absolute Gasteiger partial charge is 0.321 e. The molecule has 2 unspecified atom stereocenters. The molecule has 0 saturated heterocycles. The first-order chi connectivity index (χ1) is 9.16. The zero-order chi connectivity index (χ0) is 14.1. The Bertz CT molecular complexity index is 333. The molecule has 0 fully saturated rings. The molecule has 2 atom stereocenters. The molecule has 0 aliphatic heterocycles. The average Bonchev–Trinajstić information content (AvgIpc) is 2.44. The van der Waals surface area contributed by atoms with Crippen molar-refractivity contribution in [2.75, 3.05) is 0 Å². The van der Waals surface area contributed by atoms with Gasteiger partial charge in [0.2, 0.25) is 0 Å². The van der Waals surface area contributed by atoms with Gasteiger partial charge in [-0.3, -0.25) is 0 Å². The molecule has 1 heteroatoms. The van der Waals surface area contributed by atoms with Crippen molar-refractivity contribution in [3.8, 4) is 0 Å². The molecule has 1 rings (SSSR count). The Morgan fingerprint density at radius 3 is 2.26 bits per heavy atom. The molecule has 1 nitrogen and oxygen atoms in total. The van der Waals surface area contributed by atoms with Crippen LogP contribution in [0.1, 0.15) is 71.3 Å². The van der Waals surface area contributed by atoms with Crippen LogP contribution in [-0.4, -0.2) is 0 Å². The van der Waals surface area contributed by atoms with Crippen LogP contribution >= 0.6 is 0 Å². The Morgan fingerprint density at radius 2 is 1.74 bits per heavy atom. The van der Waals surface area contributed by atoms with Gasteiger partial charge in [0.1, 0.15) is 0 Å². The number of unbranched alkanes of at least 4 members (excludes halogenated alkanes) is 1. The molecule has 0 radical (unpaired) electrons. The average molecular weight is 261 g/mol. The Kier molecular flexibility index (Phi) is 7.15. The monoisotopic (exact) mass is 261 g/mol. The summed E-state index contributed by atoms with van der Waals surface area (Å²) < 4.78 is 0. The fourth-order valence-electron chi connectivity index (χ4n) is 3.04. The Hall–Kier alpha value is -0.820. The fourth-order valence-corrected chi connectivity index (χ4v) is 3.04. The predicted octanol–water partition coefficient (Wildman–Crippen LogP) is 5.25. The third-order valence-electron chi connectivity index (χ3n) is 4.24. The minimum absolute atomic E-state index is 0.134. The molecule has 1 aromatic rings. The highest BCUT2D eigenvalue weighted by Crippen LogP contribution is 2.33. The predicted molar refractivity (Wildman–Crippen MR) is 85.1 cm³/mol. The summed E-state index contributed by atoms with van der Waals surface area (Å²) in [5.74, 6) is 0.761. The third-order valence-corrected chi connectivity index (χ3v) is 4.24. The molecule has 0 aromatic heterocycles. The lowest BCUT2D eigenvalue weighted by molar-refractivity contribution is 0.278. The lowest BCUT2D eigenvalue weighted by Crippen LogP contribution is -2.38. The smallest absolute Gasteiger partial charge is 0.0412 e. The van der Waals surface area contributed by atoms with Crippen LogP contribution in [0.2, 0.25) is 0 Å². The summed E-state index contributed by atoms with van der Waals surface area (Å²) in [6.45, 7) is 6.81. The Labute approximate surface area is 119 Å². The van der Waals surface area contributed by atoms with Crippen molar-refractivity contribution in [1.82, 2.24) is 0 Å². The minimum Gasteiger partial charge on any atom is -0.321 e. The summed E-state index contributed by atoms with van der Waals surface area (Å²) in [4.78, 5) is 0. The van der Waals surface area contributed by atoms with E-state index in [9.17, 15) is 0 Å². The molecular formula is C18H31N. The van der Waals surface area contributed by atoms with E-state index in [0.717, 1.165) is 25.2 Å². The van der Waals surface area contributed by atoms with E-state index in [1.807, 2.05) is 0 Å². The van der Waals surface area contributed by atoms with Crippen molar-refractivity contribution in [3.05, 3.63) is 35.9 Å². The number of hydrogen-bond acceptors (Lipinski definition) is 1. The van der Waals surface area contributed by atoms with Crippen molar-refractivity contribution < 1.29 is 0 Å². The number of rotatable bonds is 9. The number of nitrogens with two attached hydrogens (primary N) is 1. The van der Waals surface area contributed by atoms with E-state index in [-0.39, 0.29) is 5.54 Å². The van der Waals surface area contributed by atoms with Crippen LogP contribution in [0.25, 0.3) is 0 Å². The van der Waals surface area contributed by atoms with E-state index < -0.39 is 0 Å². The van der Waals surface area contributed by atoms with Gasteiger partial charge in [-0.2, -0.15) is 0 Å². The van der Waals surface area contributed by atoms with E-state index in [0.29, 0.717) is 0 Å². The molecular weight excluding hydrogens is 230 g/mol. The molecule has 19 heavy (non-hydrogen) atoms. The molecule has 0 bridgehead atoms. The molecule has 0 heterocycles. The Balaban J connectivity index is 2.80. The molecule has 0 aliphatic rings. The van der Waals surface area contributed by atoms with E-state index in [1.54, 1.807) is 0 Å². The van der Waals surface area contributed by atoms with E-state index >= 15 is 0 Å². The first-order valence-electron chi connectivity index (χ1n) is 8.00. The van der Waals surface area contributed by atoms with Gasteiger partial charge in [-0.1, -0.05) is 83.2 Å². The summed E-state index contributed by atoms with van der Waals surface area (Å²) in [6, 6.07) is 10.7. The topological polar surface area (TPSA) is 26.0 Å². The second-order valence-corrected chi connectivity index (χ2v) is 5.89. The molecule has 1 aromatic carbocycles. The number of benzene rings is 1. The lowest BCUT2D eigenvalue weighted by atomic mass is 9.77. The normalized spacial score (nSPS) is 16.0. The van der Waals surface area contributed by atoms with E-state index in [1.165, 1.54) is 31.2 Å². The SMILES string of the molecule is CCCCC(CC)CC(N)(CCC)c1ccccc1. The van der Waals surface area contributed by atoms with Crippen LogP contribution in [0.5, 0.6) is 0 Å². The van der Waals surface area contributed by atoms with E-state index in [4.69, 9.17) is 5.73 Å². The van der Waals surface area contributed by atoms with Crippen LogP contribution in [0.3, 0.4) is 0 Å². The van der Waals surface area contributed by atoms with E-state index in [2.05, 4.69) is 51.1 Å². The summed E-state index contributed by atoms with van der Waals surface area (Å²) in [7, 11) is 0. The maximum absolute atomic E-state index is 6.78. The molecule has 0 aliphatic carbocycles. The Morgan fingerprint density at radius 1 is 1.05 bits per heavy atom. The van der Waals surface area contributed by atoms with Gasteiger partial charge in [-0.25, -0.2) is 0 Å². The second kappa shape index (κ2) is 8.37. The van der Waals surface area contributed by atoms with Gasteiger partial charge in [0.25, 0.3) is 0 Å². The van der Waals surface area contributed by atoms with Gasteiger partial charge in [0.05, 0.1) is 0 Å². The van der Waals surface area contributed by atoms with Crippen LogP contribution in [-0.2, 0) is 5.54 Å². The summed E-state index contributed by atoms with van der Waals surface area (Å²) in [6.07, 6.45) is 8.54. The lowest BCUT2D eigenvalue weighted by Gasteiger charge is -2.33. The highest BCUT2D eigenvalue weighted by molar-refractivity contribution is 5.24. The molecule has 0 amide bonds. The van der Waals surface area contributed by atoms with Crippen molar-refractivity contribution in [1.29, 1.82) is 0 Å². The highest BCUT2D eigenvalue weighted by Gasteiger charge is 2.28. The zero-order valence-electron chi connectivity index (χ0n) is 13.0. The summed E-state index contributed by atoms with van der Waals surface area (Å²) in [5, 5.41) is 0. The molecule has 0 saturated carbocycles. The van der Waals surface area contributed by atoms with Crippen molar-refractivity contribution in [2.24, 2.45) is 11.7 Å². The van der Waals surface area contributed by atoms with Crippen LogP contribution in [0.4, 0.5) is 0 Å². The summed E-state index contributed by atoms with van der Waals surface area (Å²) >= 11 is 0. The van der Waals surface area contributed by atoms with Crippen LogP contribution < -0.4 is 5.73 Å². The van der Waals surface area contributed by atoms with Crippen molar-refractivity contribution in [2.45, 2.75) is 71.3 Å². The van der Waals surface area contributed by atoms with Gasteiger partial charge in [0.15, 0.2) is 0 Å². The van der Waals surface area contributed by atoms with Gasteiger partial charge in [0, 0.05) is 5.54 Å². The first kappa shape index (κ1) is 16.2.